The van der Waals surface area contributed by atoms with Crippen molar-refractivity contribution >= 4 is 16.6 Å². The minimum Gasteiger partial charge on any atom is -0.492 e. The van der Waals surface area contributed by atoms with Crippen molar-refractivity contribution in [1.82, 2.24) is 0 Å². The van der Waals surface area contributed by atoms with Gasteiger partial charge in [-0.05, 0) is 11.5 Å². The van der Waals surface area contributed by atoms with Gasteiger partial charge in [0.05, 0.1) is 6.61 Å². The van der Waals surface area contributed by atoms with E-state index in [0.29, 0.717) is 13.0 Å². The van der Waals surface area contributed by atoms with Crippen molar-refractivity contribution in [3.05, 3.63) is 78.4 Å². The Morgan fingerprint density at radius 1 is 0.810 bits per heavy atom. The largest absolute Gasteiger partial charge is 0.492 e. The van der Waals surface area contributed by atoms with Crippen molar-refractivity contribution in [2.24, 2.45) is 0 Å². The predicted octanol–water partition coefficient (Wildman–Crippen LogP) is 4.49. The molecule has 2 heteroatoms. The zero-order valence-electron chi connectivity index (χ0n) is 11.7. The minimum atomic E-state index is 0.107. The van der Waals surface area contributed by atoms with Crippen LogP contribution in [0.15, 0.2) is 72.8 Å². The first kappa shape index (κ1) is 13.4. The van der Waals surface area contributed by atoms with Crippen molar-refractivity contribution in [1.29, 1.82) is 0 Å². The molecule has 0 aliphatic heterocycles. The van der Waals surface area contributed by atoms with Crippen LogP contribution in [-0.2, 0) is 0 Å². The first-order valence-corrected chi connectivity index (χ1v) is 7.03. The highest BCUT2D eigenvalue weighted by Gasteiger charge is 2.06. The van der Waals surface area contributed by atoms with Gasteiger partial charge in [-0.3, -0.25) is 4.79 Å². The maximum Gasteiger partial charge on any atom is 0.166 e. The minimum absolute atomic E-state index is 0.107. The molecule has 21 heavy (non-hydrogen) atoms. The van der Waals surface area contributed by atoms with Gasteiger partial charge in [-0.1, -0.05) is 66.7 Å². The summed E-state index contributed by atoms with van der Waals surface area (Å²) in [5, 5.41) is 2.22. The molecule has 0 saturated carbocycles. The molecule has 3 aromatic rings. The Morgan fingerprint density at radius 2 is 1.52 bits per heavy atom. The molecule has 0 unspecified atom stereocenters. The molecule has 0 radical (unpaired) electrons. The Bertz CT molecular complexity index is 742. The number of carbonyl (C=O) groups excluding carboxylic acids is 1. The van der Waals surface area contributed by atoms with Gasteiger partial charge in [-0.25, -0.2) is 0 Å². The molecule has 104 valence electrons. The van der Waals surface area contributed by atoms with Gasteiger partial charge in [0.25, 0.3) is 0 Å². The number of benzene rings is 3. The number of ether oxygens (including phenoxy) is 1. The summed E-state index contributed by atoms with van der Waals surface area (Å²) in [4.78, 5) is 12.0. The third-order valence-corrected chi connectivity index (χ3v) is 3.43. The fraction of sp³-hybridized carbons (Fsp3) is 0.105. The molecule has 0 aromatic heterocycles. The van der Waals surface area contributed by atoms with Crippen molar-refractivity contribution < 1.29 is 9.53 Å². The second kappa shape index (κ2) is 6.23. The Hall–Kier alpha value is -2.61. The lowest BCUT2D eigenvalue weighted by Crippen LogP contribution is -2.06. The van der Waals surface area contributed by atoms with Gasteiger partial charge in [0, 0.05) is 17.4 Å². The first-order chi connectivity index (χ1) is 10.3. The molecule has 3 rings (SSSR count). The van der Waals surface area contributed by atoms with E-state index in [1.54, 1.807) is 0 Å². The third-order valence-electron chi connectivity index (χ3n) is 3.43. The standard InChI is InChI=1S/C19H16O2/c20-18(16-8-2-1-3-9-16)13-14-21-19-12-6-10-15-7-4-5-11-17(15)19/h1-12H,13-14H2. The average Bonchev–Trinajstić information content (AvgIpc) is 2.56. The molecular weight excluding hydrogens is 260 g/mol. The van der Waals surface area contributed by atoms with Crippen LogP contribution >= 0.6 is 0 Å². The van der Waals surface area contributed by atoms with Crippen LogP contribution in [0.3, 0.4) is 0 Å². The van der Waals surface area contributed by atoms with Gasteiger partial charge >= 0.3 is 0 Å². The zero-order chi connectivity index (χ0) is 14.5. The van der Waals surface area contributed by atoms with Crippen LogP contribution in [-0.4, -0.2) is 12.4 Å². The number of hydrogen-bond donors (Lipinski definition) is 0. The number of carbonyl (C=O) groups is 1. The molecule has 0 aliphatic rings. The molecule has 0 amide bonds. The highest BCUT2D eigenvalue weighted by atomic mass is 16.5. The fourth-order valence-electron chi connectivity index (χ4n) is 2.34. The lowest BCUT2D eigenvalue weighted by molar-refractivity contribution is 0.0962. The fourth-order valence-corrected chi connectivity index (χ4v) is 2.34. The molecule has 0 fully saturated rings. The van der Waals surface area contributed by atoms with E-state index in [0.717, 1.165) is 22.1 Å². The maximum atomic E-state index is 12.0. The van der Waals surface area contributed by atoms with Crippen LogP contribution in [0, 0.1) is 0 Å². The SMILES string of the molecule is O=C(CCOc1cccc2ccccc12)c1ccccc1. The summed E-state index contributed by atoms with van der Waals surface area (Å²) >= 11 is 0. The molecule has 0 atom stereocenters. The van der Waals surface area contributed by atoms with E-state index in [9.17, 15) is 4.79 Å². The quantitative estimate of drug-likeness (QED) is 0.642. The molecule has 3 aromatic carbocycles. The van der Waals surface area contributed by atoms with E-state index >= 15 is 0 Å². The summed E-state index contributed by atoms with van der Waals surface area (Å²) in [7, 11) is 0. The van der Waals surface area contributed by atoms with Gasteiger partial charge in [-0.15, -0.1) is 0 Å². The van der Waals surface area contributed by atoms with Crippen LogP contribution in [0.2, 0.25) is 0 Å². The van der Waals surface area contributed by atoms with Crippen LogP contribution in [0.25, 0.3) is 10.8 Å². The first-order valence-electron chi connectivity index (χ1n) is 7.03. The van der Waals surface area contributed by atoms with Crippen molar-refractivity contribution in [3.63, 3.8) is 0 Å². The van der Waals surface area contributed by atoms with Gasteiger partial charge in [0.2, 0.25) is 0 Å². The second-order valence-corrected chi connectivity index (χ2v) is 4.86. The number of fused-ring (bicyclic) bond motifs is 1. The van der Waals surface area contributed by atoms with E-state index in [4.69, 9.17) is 4.74 Å². The van der Waals surface area contributed by atoms with Gasteiger partial charge < -0.3 is 4.74 Å². The summed E-state index contributed by atoms with van der Waals surface area (Å²) in [6.45, 7) is 0.391. The number of rotatable bonds is 5. The normalized spacial score (nSPS) is 10.5. The number of Topliss-reactive ketones (excluding diaryl/α,β-unsaturated/α-hetero) is 1. The number of hydrogen-bond acceptors (Lipinski definition) is 2. The Morgan fingerprint density at radius 3 is 2.38 bits per heavy atom. The van der Waals surface area contributed by atoms with E-state index < -0.39 is 0 Å². The van der Waals surface area contributed by atoms with Crippen molar-refractivity contribution in [3.8, 4) is 5.75 Å². The topological polar surface area (TPSA) is 26.3 Å². The van der Waals surface area contributed by atoms with Crippen LogP contribution in [0.1, 0.15) is 16.8 Å². The molecule has 0 saturated heterocycles. The Labute approximate surface area is 124 Å². The highest BCUT2D eigenvalue weighted by Crippen LogP contribution is 2.25. The van der Waals surface area contributed by atoms with Crippen molar-refractivity contribution in [2.75, 3.05) is 6.61 Å². The predicted molar refractivity (Wildman–Crippen MR) is 84.8 cm³/mol. The van der Waals surface area contributed by atoms with E-state index in [1.807, 2.05) is 60.7 Å². The summed E-state index contributed by atoms with van der Waals surface area (Å²) in [6.07, 6.45) is 0.382. The molecule has 0 aliphatic carbocycles. The lowest BCUT2D eigenvalue weighted by atomic mass is 10.1. The highest BCUT2D eigenvalue weighted by molar-refractivity contribution is 5.96. The van der Waals surface area contributed by atoms with Gasteiger partial charge in [0.1, 0.15) is 5.75 Å². The summed E-state index contributed by atoms with van der Waals surface area (Å²) < 4.78 is 5.79. The molecular formula is C19H16O2. The molecule has 0 bridgehead atoms. The number of ketones is 1. The molecule has 0 heterocycles. The lowest BCUT2D eigenvalue weighted by Gasteiger charge is -2.09. The van der Waals surface area contributed by atoms with Crippen LogP contribution < -0.4 is 4.74 Å². The Balaban J connectivity index is 1.66. The van der Waals surface area contributed by atoms with Crippen LogP contribution in [0.4, 0.5) is 0 Å². The summed E-state index contributed by atoms with van der Waals surface area (Å²) in [5.74, 6) is 0.935. The summed E-state index contributed by atoms with van der Waals surface area (Å²) in [5.41, 5.74) is 0.735. The maximum absolute atomic E-state index is 12.0. The Kier molecular flexibility index (Phi) is 3.97. The van der Waals surface area contributed by atoms with Crippen molar-refractivity contribution in [2.45, 2.75) is 6.42 Å². The monoisotopic (exact) mass is 276 g/mol. The van der Waals surface area contributed by atoms with Gasteiger partial charge in [-0.2, -0.15) is 0 Å². The second-order valence-electron chi connectivity index (χ2n) is 4.86. The van der Waals surface area contributed by atoms with E-state index in [1.165, 1.54) is 0 Å². The molecule has 2 nitrogen and oxygen atoms in total. The van der Waals surface area contributed by atoms with E-state index in [-0.39, 0.29) is 5.78 Å². The third kappa shape index (κ3) is 3.11. The zero-order valence-corrected chi connectivity index (χ0v) is 11.7. The average molecular weight is 276 g/mol. The van der Waals surface area contributed by atoms with Gasteiger partial charge in [0.15, 0.2) is 5.78 Å². The molecule has 0 N–H and O–H groups in total. The smallest absolute Gasteiger partial charge is 0.166 e. The summed E-state index contributed by atoms with van der Waals surface area (Å²) in [6, 6.07) is 23.4. The van der Waals surface area contributed by atoms with E-state index in [2.05, 4.69) is 12.1 Å². The molecule has 0 spiro atoms. The van der Waals surface area contributed by atoms with Crippen LogP contribution in [0.5, 0.6) is 5.75 Å².